The lowest BCUT2D eigenvalue weighted by molar-refractivity contribution is 0.102. The summed E-state index contributed by atoms with van der Waals surface area (Å²) < 4.78 is 14.7. The van der Waals surface area contributed by atoms with Gasteiger partial charge >= 0.3 is 0 Å². The second-order valence-corrected chi connectivity index (χ2v) is 7.14. The van der Waals surface area contributed by atoms with Crippen molar-refractivity contribution < 1.29 is 9.18 Å². The van der Waals surface area contributed by atoms with Gasteiger partial charge in [-0.05, 0) is 50.1 Å². The zero-order valence-electron chi connectivity index (χ0n) is 14.5. The molecule has 0 spiro atoms. The lowest BCUT2D eigenvalue weighted by Gasteiger charge is -2.24. The van der Waals surface area contributed by atoms with Gasteiger partial charge in [0.2, 0.25) is 0 Å². The van der Waals surface area contributed by atoms with Gasteiger partial charge < -0.3 is 11.1 Å². The van der Waals surface area contributed by atoms with E-state index in [-0.39, 0.29) is 11.6 Å². The summed E-state index contributed by atoms with van der Waals surface area (Å²) in [6, 6.07) is 7.46. The number of halogens is 2. The number of benzene rings is 1. The second-order valence-electron chi connectivity index (χ2n) is 6.71. The van der Waals surface area contributed by atoms with Crippen molar-refractivity contribution in [1.29, 1.82) is 0 Å². The number of aliphatic imine (C=N–C) groups is 2. The molecule has 0 bridgehead atoms. The molecule has 1 saturated carbocycles. The summed E-state index contributed by atoms with van der Waals surface area (Å²) in [4.78, 5) is 25.5. The number of hydrogen-bond donors (Lipinski definition) is 2. The third-order valence-corrected chi connectivity index (χ3v) is 4.95. The van der Waals surface area contributed by atoms with E-state index in [1.165, 1.54) is 24.4 Å². The highest BCUT2D eigenvalue weighted by Gasteiger charge is 2.50. The third-order valence-electron chi connectivity index (χ3n) is 4.73. The highest BCUT2D eigenvalue weighted by atomic mass is 35.5. The van der Waals surface area contributed by atoms with E-state index in [0.717, 1.165) is 12.8 Å². The molecule has 1 aromatic carbocycles. The van der Waals surface area contributed by atoms with Crippen molar-refractivity contribution in [3.05, 3.63) is 58.6 Å². The van der Waals surface area contributed by atoms with Crippen LogP contribution in [0.2, 0.25) is 5.02 Å². The van der Waals surface area contributed by atoms with Crippen LogP contribution in [0.15, 0.2) is 46.5 Å². The Balaban J connectivity index is 1.68. The maximum atomic E-state index is 14.7. The number of amidine groups is 1. The second kappa shape index (κ2) is 6.42. The Morgan fingerprint density at radius 2 is 2.07 bits per heavy atom. The van der Waals surface area contributed by atoms with Crippen molar-refractivity contribution in [1.82, 2.24) is 4.98 Å². The van der Waals surface area contributed by atoms with Gasteiger partial charge in [-0.25, -0.2) is 14.4 Å². The summed E-state index contributed by atoms with van der Waals surface area (Å²) in [7, 11) is 0. The number of nitrogens with one attached hydrogen (secondary N) is 1. The first-order valence-electron chi connectivity index (χ1n) is 8.54. The zero-order chi connectivity index (χ0) is 19.2. The molecule has 6 nitrogen and oxygen atoms in total. The standard InChI is InChI=1S/C19H17ClFN5O/c1-10-17(22)26-19(25-10,11-2-3-11)14-8-13(5-6-15(14)21)24-18(27)16-7-4-12(20)9-23-16/h4-9,11H,2-3H2,1H3,(H2,22,26)(H,24,27). The Morgan fingerprint density at radius 3 is 2.67 bits per heavy atom. The monoisotopic (exact) mass is 385 g/mol. The molecule has 2 aromatic rings. The summed E-state index contributed by atoms with van der Waals surface area (Å²) in [5.74, 6) is -0.425. The van der Waals surface area contributed by atoms with Crippen LogP contribution in [0.4, 0.5) is 10.1 Å². The van der Waals surface area contributed by atoms with E-state index in [1.807, 2.05) is 0 Å². The van der Waals surface area contributed by atoms with Crippen molar-refractivity contribution in [3.63, 3.8) is 0 Å². The predicted octanol–water partition coefficient (Wildman–Crippen LogP) is 3.52. The van der Waals surface area contributed by atoms with E-state index in [9.17, 15) is 9.18 Å². The van der Waals surface area contributed by atoms with Crippen LogP contribution in [0.5, 0.6) is 0 Å². The molecule has 138 valence electrons. The predicted molar refractivity (Wildman–Crippen MR) is 103 cm³/mol. The Hall–Kier alpha value is -2.80. The molecular formula is C19H17ClFN5O. The van der Waals surface area contributed by atoms with Crippen molar-refractivity contribution in [3.8, 4) is 0 Å². The van der Waals surface area contributed by atoms with Crippen LogP contribution >= 0.6 is 11.6 Å². The van der Waals surface area contributed by atoms with E-state index >= 15 is 0 Å². The molecule has 1 amide bonds. The maximum absolute atomic E-state index is 14.7. The van der Waals surface area contributed by atoms with E-state index < -0.39 is 17.4 Å². The number of nitrogens with zero attached hydrogens (tertiary/aromatic N) is 3. The first-order valence-corrected chi connectivity index (χ1v) is 8.92. The molecule has 1 aliphatic carbocycles. The van der Waals surface area contributed by atoms with E-state index in [4.69, 9.17) is 17.3 Å². The van der Waals surface area contributed by atoms with Crippen LogP contribution in [-0.4, -0.2) is 22.4 Å². The molecule has 1 atom stereocenters. The molecule has 27 heavy (non-hydrogen) atoms. The normalized spacial score (nSPS) is 21.6. The molecule has 0 radical (unpaired) electrons. The lowest BCUT2D eigenvalue weighted by atomic mass is 9.94. The number of aromatic nitrogens is 1. The van der Waals surface area contributed by atoms with Gasteiger partial charge in [0.15, 0.2) is 5.66 Å². The number of carbonyl (C=O) groups excluding carboxylic acids is 1. The van der Waals surface area contributed by atoms with Gasteiger partial charge in [-0.15, -0.1) is 0 Å². The van der Waals surface area contributed by atoms with E-state index in [0.29, 0.717) is 27.8 Å². The summed E-state index contributed by atoms with van der Waals surface area (Å²) in [6.45, 7) is 1.76. The molecule has 8 heteroatoms. The van der Waals surface area contributed by atoms with Gasteiger partial charge in [0, 0.05) is 23.4 Å². The van der Waals surface area contributed by atoms with Crippen molar-refractivity contribution in [2.45, 2.75) is 25.4 Å². The Bertz CT molecular complexity index is 964. The number of anilines is 1. The van der Waals surface area contributed by atoms with Crippen LogP contribution in [0.1, 0.15) is 35.8 Å². The summed E-state index contributed by atoms with van der Waals surface area (Å²) >= 11 is 5.79. The summed E-state index contributed by atoms with van der Waals surface area (Å²) in [6.07, 6.45) is 3.19. The minimum absolute atomic E-state index is 0.104. The minimum atomic E-state index is -1.04. The molecule has 1 unspecified atom stereocenters. The fourth-order valence-corrected chi connectivity index (χ4v) is 3.31. The molecule has 1 fully saturated rings. The maximum Gasteiger partial charge on any atom is 0.274 e. The van der Waals surface area contributed by atoms with Crippen molar-refractivity contribution in [2.75, 3.05) is 5.32 Å². The van der Waals surface area contributed by atoms with E-state index in [1.54, 1.807) is 19.1 Å². The Kier molecular flexibility index (Phi) is 4.19. The van der Waals surface area contributed by atoms with Crippen LogP contribution in [0.25, 0.3) is 0 Å². The Morgan fingerprint density at radius 1 is 1.30 bits per heavy atom. The van der Waals surface area contributed by atoms with Crippen LogP contribution in [0.3, 0.4) is 0 Å². The van der Waals surface area contributed by atoms with Crippen molar-refractivity contribution in [2.24, 2.45) is 21.6 Å². The average molecular weight is 386 g/mol. The number of nitrogens with two attached hydrogens (primary N) is 1. The molecule has 2 heterocycles. The van der Waals surface area contributed by atoms with Crippen LogP contribution < -0.4 is 11.1 Å². The SMILES string of the molecule is CC1=NC(c2cc(NC(=O)c3ccc(Cl)cn3)ccc2F)(C2CC2)N=C1N. The highest BCUT2D eigenvalue weighted by Crippen LogP contribution is 2.52. The number of amides is 1. The van der Waals surface area contributed by atoms with Gasteiger partial charge in [0.25, 0.3) is 5.91 Å². The molecular weight excluding hydrogens is 369 g/mol. The smallest absolute Gasteiger partial charge is 0.274 e. The third kappa shape index (κ3) is 3.19. The Labute approximate surface area is 160 Å². The topological polar surface area (TPSA) is 92.7 Å². The lowest BCUT2D eigenvalue weighted by Crippen LogP contribution is -2.25. The fraction of sp³-hybridized carbons (Fsp3) is 0.263. The minimum Gasteiger partial charge on any atom is -0.382 e. The van der Waals surface area contributed by atoms with Crippen LogP contribution in [0, 0.1) is 11.7 Å². The van der Waals surface area contributed by atoms with Crippen LogP contribution in [-0.2, 0) is 5.66 Å². The average Bonchev–Trinajstić information content (AvgIpc) is 3.44. The molecule has 2 aliphatic rings. The van der Waals surface area contributed by atoms with Gasteiger partial charge in [0.05, 0.1) is 10.7 Å². The number of carbonyl (C=O) groups is 1. The first kappa shape index (κ1) is 17.6. The van der Waals surface area contributed by atoms with Gasteiger partial charge in [-0.1, -0.05) is 11.6 Å². The largest absolute Gasteiger partial charge is 0.382 e. The highest BCUT2D eigenvalue weighted by molar-refractivity contribution is 6.41. The number of rotatable bonds is 4. The zero-order valence-corrected chi connectivity index (χ0v) is 15.3. The molecule has 0 saturated heterocycles. The number of hydrogen-bond acceptors (Lipinski definition) is 5. The van der Waals surface area contributed by atoms with Gasteiger partial charge in [-0.3, -0.25) is 9.79 Å². The quantitative estimate of drug-likeness (QED) is 0.843. The molecule has 3 N–H and O–H groups in total. The molecule has 1 aromatic heterocycles. The molecule has 1 aliphatic heterocycles. The van der Waals surface area contributed by atoms with Gasteiger partial charge in [0.1, 0.15) is 17.3 Å². The number of pyridine rings is 1. The van der Waals surface area contributed by atoms with E-state index in [2.05, 4.69) is 20.3 Å². The fourth-order valence-electron chi connectivity index (χ4n) is 3.20. The van der Waals surface area contributed by atoms with Crippen molar-refractivity contribution >= 4 is 34.7 Å². The first-order chi connectivity index (χ1) is 12.9. The summed E-state index contributed by atoms with van der Waals surface area (Å²) in [5, 5.41) is 3.17. The molecule has 4 rings (SSSR count). The van der Waals surface area contributed by atoms with Gasteiger partial charge in [-0.2, -0.15) is 0 Å². The summed E-state index contributed by atoms with van der Waals surface area (Å²) in [5.41, 5.74) is 6.43.